The second-order valence-electron chi connectivity index (χ2n) is 6.32. The molecule has 3 rings (SSSR count). The van der Waals surface area contributed by atoms with Gasteiger partial charge in [-0.1, -0.05) is 29.8 Å². The summed E-state index contributed by atoms with van der Waals surface area (Å²) in [7, 11) is 0. The van der Waals surface area contributed by atoms with Crippen LogP contribution in [-0.2, 0) is 11.2 Å². The van der Waals surface area contributed by atoms with Crippen LogP contribution >= 0.6 is 22.9 Å². The van der Waals surface area contributed by atoms with Crippen LogP contribution in [0.3, 0.4) is 0 Å². The summed E-state index contributed by atoms with van der Waals surface area (Å²) in [5, 5.41) is 39.5. The van der Waals surface area contributed by atoms with Gasteiger partial charge in [0.25, 0.3) is 0 Å². The Hall–Kier alpha value is -0.990. The summed E-state index contributed by atoms with van der Waals surface area (Å²) in [6, 6.07) is 9.52. The van der Waals surface area contributed by atoms with E-state index >= 15 is 0 Å². The fourth-order valence-electron chi connectivity index (χ4n) is 3.07. The van der Waals surface area contributed by atoms with E-state index in [1.165, 1.54) is 11.3 Å². The number of aliphatic hydroxyl groups is 4. The molecule has 5 nitrogen and oxygen atoms in total. The second-order valence-corrected chi connectivity index (χ2v) is 8.12. The standard InChI is InChI=1S/C18H21ClO5S/c1-9-2-3-10(6-11(9)7-12-4-5-14(19)25-12)18-17(23)16(22)15(21)13(8-20)24-18/h2-6,13,15-18,20-23H,7-8H2,1H3/t13-,15-,16?,17-,18?/m1/s1. The maximum Gasteiger partial charge on any atom is 0.113 e. The predicted molar refractivity (Wildman–Crippen MR) is 96.0 cm³/mol. The van der Waals surface area contributed by atoms with Crippen LogP contribution < -0.4 is 0 Å². The molecule has 1 aliphatic rings. The summed E-state index contributed by atoms with van der Waals surface area (Å²) in [6.45, 7) is 1.56. The molecule has 136 valence electrons. The number of hydrogen-bond donors (Lipinski definition) is 4. The minimum Gasteiger partial charge on any atom is -0.394 e. The van der Waals surface area contributed by atoms with Gasteiger partial charge in [-0.05, 0) is 35.7 Å². The van der Waals surface area contributed by atoms with Gasteiger partial charge in [0.05, 0.1) is 10.9 Å². The highest BCUT2D eigenvalue weighted by Crippen LogP contribution is 2.34. The summed E-state index contributed by atoms with van der Waals surface area (Å²) in [4.78, 5) is 1.12. The Balaban J connectivity index is 1.88. The number of aryl methyl sites for hydroxylation is 1. The van der Waals surface area contributed by atoms with Gasteiger partial charge in [0.15, 0.2) is 0 Å². The average molecular weight is 385 g/mol. The molecule has 0 radical (unpaired) electrons. The molecule has 2 unspecified atom stereocenters. The highest BCUT2D eigenvalue weighted by molar-refractivity contribution is 7.16. The summed E-state index contributed by atoms with van der Waals surface area (Å²) in [5.74, 6) is 0. The number of aliphatic hydroxyl groups excluding tert-OH is 4. The Kier molecular flexibility index (Phi) is 5.80. The minimum atomic E-state index is -1.38. The van der Waals surface area contributed by atoms with Gasteiger partial charge in [-0.3, -0.25) is 0 Å². The summed E-state index contributed by atoms with van der Waals surface area (Å²) in [6.07, 6.45) is -5.03. The molecule has 0 spiro atoms. The zero-order chi connectivity index (χ0) is 18.1. The molecular weight excluding hydrogens is 364 g/mol. The van der Waals surface area contributed by atoms with Gasteiger partial charge >= 0.3 is 0 Å². The third kappa shape index (κ3) is 3.90. The third-order valence-corrected chi connectivity index (χ3v) is 5.82. The molecule has 4 N–H and O–H groups in total. The number of thiophene rings is 1. The number of ether oxygens (including phenoxy) is 1. The van der Waals surface area contributed by atoms with Crippen molar-refractivity contribution in [2.75, 3.05) is 6.61 Å². The zero-order valence-electron chi connectivity index (χ0n) is 13.7. The summed E-state index contributed by atoms with van der Waals surface area (Å²) in [5.41, 5.74) is 2.85. The van der Waals surface area contributed by atoms with Gasteiger partial charge in [-0.25, -0.2) is 0 Å². The van der Waals surface area contributed by atoms with E-state index in [1.807, 2.05) is 37.3 Å². The molecule has 2 heterocycles. The highest BCUT2D eigenvalue weighted by atomic mass is 35.5. The van der Waals surface area contributed by atoms with E-state index in [4.69, 9.17) is 16.3 Å². The van der Waals surface area contributed by atoms with Crippen LogP contribution in [0.2, 0.25) is 4.34 Å². The Morgan fingerprint density at radius 2 is 1.84 bits per heavy atom. The molecule has 1 saturated heterocycles. The van der Waals surface area contributed by atoms with Gasteiger partial charge in [-0.15, -0.1) is 11.3 Å². The fourth-order valence-corrected chi connectivity index (χ4v) is 4.18. The fraction of sp³-hybridized carbons (Fsp3) is 0.444. The molecule has 7 heteroatoms. The predicted octanol–water partition coefficient (Wildman–Crippen LogP) is 1.82. The average Bonchev–Trinajstić information content (AvgIpc) is 3.00. The van der Waals surface area contributed by atoms with Crippen molar-refractivity contribution in [3.05, 3.63) is 56.2 Å². The number of rotatable bonds is 4. The van der Waals surface area contributed by atoms with Crippen molar-refractivity contribution >= 4 is 22.9 Å². The van der Waals surface area contributed by atoms with Gasteiger partial charge in [0, 0.05) is 11.3 Å². The minimum absolute atomic E-state index is 0.437. The lowest BCUT2D eigenvalue weighted by atomic mass is 9.89. The van der Waals surface area contributed by atoms with Crippen LogP contribution in [0.4, 0.5) is 0 Å². The van der Waals surface area contributed by atoms with E-state index in [0.717, 1.165) is 20.3 Å². The van der Waals surface area contributed by atoms with E-state index in [1.54, 1.807) is 0 Å². The van der Waals surface area contributed by atoms with Crippen molar-refractivity contribution in [3.63, 3.8) is 0 Å². The van der Waals surface area contributed by atoms with Crippen LogP contribution in [-0.4, -0.2) is 51.4 Å². The first-order chi connectivity index (χ1) is 11.9. The molecule has 0 amide bonds. The molecule has 1 aliphatic heterocycles. The van der Waals surface area contributed by atoms with Crippen molar-refractivity contribution < 1.29 is 25.2 Å². The molecule has 1 fully saturated rings. The van der Waals surface area contributed by atoms with Crippen LogP contribution in [0.25, 0.3) is 0 Å². The Bertz CT molecular complexity index is 732. The Morgan fingerprint density at radius 3 is 2.48 bits per heavy atom. The van der Waals surface area contributed by atoms with Crippen molar-refractivity contribution in [2.24, 2.45) is 0 Å². The van der Waals surface area contributed by atoms with Crippen molar-refractivity contribution in [1.29, 1.82) is 0 Å². The van der Waals surface area contributed by atoms with E-state index in [9.17, 15) is 20.4 Å². The smallest absolute Gasteiger partial charge is 0.113 e. The quantitative estimate of drug-likeness (QED) is 0.645. The molecule has 0 bridgehead atoms. The van der Waals surface area contributed by atoms with Crippen molar-refractivity contribution in [3.8, 4) is 0 Å². The third-order valence-electron chi connectivity index (χ3n) is 4.59. The van der Waals surface area contributed by atoms with E-state index in [-0.39, 0.29) is 0 Å². The largest absolute Gasteiger partial charge is 0.394 e. The summed E-state index contributed by atoms with van der Waals surface area (Å²) < 4.78 is 6.37. The molecule has 1 aromatic carbocycles. The number of halogens is 1. The topological polar surface area (TPSA) is 90.2 Å². The van der Waals surface area contributed by atoms with Gasteiger partial charge in [0.1, 0.15) is 30.5 Å². The van der Waals surface area contributed by atoms with E-state index in [2.05, 4.69) is 0 Å². The normalized spacial score (nSPS) is 29.8. The first kappa shape index (κ1) is 18.8. The van der Waals surface area contributed by atoms with E-state index < -0.39 is 37.1 Å². The molecule has 5 atom stereocenters. The summed E-state index contributed by atoms with van der Waals surface area (Å²) >= 11 is 7.51. The van der Waals surface area contributed by atoms with Crippen LogP contribution in [0.1, 0.15) is 27.7 Å². The second kappa shape index (κ2) is 7.72. The Labute approximate surface area is 155 Å². The highest BCUT2D eigenvalue weighted by Gasteiger charge is 2.43. The first-order valence-corrected chi connectivity index (χ1v) is 9.24. The molecule has 1 aromatic heterocycles. The SMILES string of the molecule is Cc1ccc(C2O[C@H](CO)[C@@H](O)C(O)[C@H]2O)cc1Cc1ccc(Cl)s1. The lowest BCUT2D eigenvalue weighted by Gasteiger charge is -2.40. The van der Waals surface area contributed by atoms with Gasteiger partial charge in [-0.2, -0.15) is 0 Å². The van der Waals surface area contributed by atoms with Crippen LogP contribution in [0.5, 0.6) is 0 Å². The molecule has 0 saturated carbocycles. The zero-order valence-corrected chi connectivity index (χ0v) is 15.2. The maximum absolute atomic E-state index is 10.3. The lowest BCUT2D eigenvalue weighted by molar-refractivity contribution is -0.231. The van der Waals surface area contributed by atoms with Gasteiger partial charge in [0.2, 0.25) is 0 Å². The molecular formula is C18H21ClO5S. The van der Waals surface area contributed by atoms with Crippen molar-refractivity contribution in [2.45, 2.75) is 43.9 Å². The van der Waals surface area contributed by atoms with Gasteiger partial charge < -0.3 is 25.2 Å². The molecule has 25 heavy (non-hydrogen) atoms. The molecule has 0 aliphatic carbocycles. The monoisotopic (exact) mass is 384 g/mol. The lowest BCUT2D eigenvalue weighted by Crippen LogP contribution is -2.55. The van der Waals surface area contributed by atoms with Crippen molar-refractivity contribution in [1.82, 2.24) is 0 Å². The maximum atomic E-state index is 10.3. The molecule has 2 aromatic rings. The van der Waals surface area contributed by atoms with E-state index in [0.29, 0.717) is 12.0 Å². The number of benzene rings is 1. The Morgan fingerprint density at radius 1 is 1.08 bits per heavy atom. The first-order valence-electron chi connectivity index (χ1n) is 8.05. The number of hydrogen-bond acceptors (Lipinski definition) is 6. The van der Waals surface area contributed by atoms with Crippen LogP contribution in [0.15, 0.2) is 30.3 Å². The van der Waals surface area contributed by atoms with Crippen LogP contribution in [0, 0.1) is 6.92 Å².